The second-order valence-electron chi connectivity index (χ2n) is 3.91. The number of aromatic nitrogens is 1. The molecule has 0 radical (unpaired) electrons. The average Bonchev–Trinajstić information content (AvgIpc) is 3.04. The van der Waals surface area contributed by atoms with Crippen LogP contribution in [0.25, 0.3) is 0 Å². The zero-order valence-electron chi connectivity index (χ0n) is 8.74. The Morgan fingerprint density at radius 1 is 1.60 bits per heavy atom. The van der Waals surface area contributed by atoms with Crippen LogP contribution in [0.1, 0.15) is 12.8 Å². The van der Waals surface area contributed by atoms with Crippen molar-refractivity contribution in [2.24, 2.45) is 5.92 Å². The van der Waals surface area contributed by atoms with Gasteiger partial charge < -0.3 is 10.1 Å². The van der Waals surface area contributed by atoms with Crippen molar-refractivity contribution in [2.45, 2.75) is 18.9 Å². The Labute approximate surface area is 88.7 Å². The number of anilines is 1. The molecule has 0 aliphatic heterocycles. The lowest BCUT2D eigenvalue weighted by Crippen LogP contribution is -2.27. The van der Waals surface area contributed by atoms with Crippen LogP contribution in [0.3, 0.4) is 0 Å². The Morgan fingerprint density at radius 3 is 2.93 bits per heavy atom. The maximum absolute atomic E-state index is 12.6. The van der Waals surface area contributed by atoms with Gasteiger partial charge in [-0.3, -0.25) is 0 Å². The van der Waals surface area contributed by atoms with Crippen molar-refractivity contribution in [1.29, 1.82) is 0 Å². The zero-order valence-corrected chi connectivity index (χ0v) is 8.74. The second-order valence-corrected chi connectivity index (χ2v) is 3.91. The molecule has 1 saturated carbocycles. The van der Waals surface area contributed by atoms with Gasteiger partial charge in [-0.1, -0.05) is 0 Å². The van der Waals surface area contributed by atoms with Gasteiger partial charge in [0, 0.05) is 7.11 Å². The molecule has 1 aliphatic carbocycles. The van der Waals surface area contributed by atoms with Gasteiger partial charge in [0.2, 0.25) is 5.95 Å². The number of rotatable bonds is 5. The molecule has 4 heteroatoms. The lowest BCUT2D eigenvalue weighted by molar-refractivity contribution is 0.179. The Balaban J connectivity index is 1.95. The van der Waals surface area contributed by atoms with Crippen molar-refractivity contribution < 1.29 is 9.13 Å². The first-order valence-corrected chi connectivity index (χ1v) is 5.16. The minimum Gasteiger partial charge on any atom is -0.383 e. The highest BCUT2D eigenvalue weighted by molar-refractivity contribution is 5.41. The summed E-state index contributed by atoms with van der Waals surface area (Å²) in [5.41, 5.74) is 0.852. The van der Waals surface area contributed by atoms with Crippen LogP contribution in [0.5, 0.6) is 0 Å². The minimum atomic E-state index is -0.449. The molecule has 1 unspecified atom stereocenters. The van der Waals surface area contributed by atoms with Crippen LogP contribution < -0.4 is 5.32 Å². The Kier molecular flexibility index (Phi) is 3.16. The van der Waals surface area contributed by atoms with Crippen molar-refractivity contribution in [2.75, 3.05) is 19.0 Å². The first kappa shape index (κ1) is 10.4. The normalized spacial score (nSPS) is 17.5. The Hall–Kier alpha value is -1.16. The van der Waals surface area contributed by atoms with Crippen LogP contribution in [0.4, 0.5) is 10.1 Å². The minimum absolute atomic E-state index is 0.322. The van der Waals surface area contributed by atoms with Gasteiger partial charge in [-0.05, 0) is 30.9 Å². The number of ether oxygens (including phenoxy) is 1. The molecule has 1 aromatic heterocycles. The number of nitrogens with zero attached hydrogens (tertiary/aromatic N) is 1. The molecular weight excluding hydrogens is 195 g/mol. The summed E-state index contributed by atoms with van der Waals surface area (Å²) in [6.45, 7) is 0.683. The van der Waals surface area contributed by atoms with E-state index < -0.39 is 5.95 Å². The van der Waals surface area contributed by atoms with Crippen molar-refractivity contribution >= 4 is 5.69 Å². The summed E-state index contributed by atoms with van der Waals surface area (Å²) in [6.07, 6.45) is 4.01. The Bertz CT molecular complexity index is 311. The maximum atomic E-state index is 12.6. The molecule has 1 fully saturated rings. The molecule has 3 nitrogen and oxygen atoms in total. The fourth-order valence-electron chi connectivity index (χ4n) is 1.65. The van der Waals surface area contributed by atoms with Gasteiger partial charge in [0.25, 0.3) is 0 Å². The molecule has 1 aliphatic rings. The van der Waals surface area contributed by atoms with Crippen molar-refractivity contribution in [3.63, 3.8) is 0 Å². The summed E-state index contributed by atoms with van der Waals surface area (Å²) in [7, 11) is 1.69. The van der Waals surface area contributed by atoms with E-state index in [1.807, 2.05) is 0 Å². The summed E-state index contributed by atoms with van der Waals surface area (Å²) in [6, 6.07) is 3.38. The van der Waals surface area contributed by atoms with Crippen LogP contribution in [0.15, 0.2) is 18.3 Å². The van der Waals surface area contributed by atoms with Crippen molar-refractivity contribution in [3.05, 3.63) is 24.3 Å². The molecule has 0 bridgehead atoms. The van der Waals surface area contributed by atoms with E-state index in [1.54, 1.807) is 13.2 Å². The molecule has 82 valence electrons. The zero-order chi connectivity index (χ0) is 10.7. The molecule has 0 spiro atoms. The second kappa shape index (κ2) is 4.57. The lowest BCUT2D eigenvalue weighted by Gasteiger charge is -2.18. The van der Waals surface area contributed by atoms with Crippen LogP contribution in [0, 0.1) is 11.9 Å². The number of halogens is 1. The van der Waals surface area contributed by atoms with Gasteiger partial charge in [0.15, 0.2) is 0 Å². The third kappa shape index (κ3) is 2.89. The highest BCUT2D eigenvalue weighted by atomic mass is 19.1. The smallest absolute Gasteiger partial charge is 0.212 e. The van der Waals surface area contributed by atoms with E-state index in [9.17, 15) is 4.39 Å². The standard InChI is InChI=1S/C11H15FN2O/c1-15-7-10(8-2-3-8)14-9-4-5-11(12)13-6-9/h4-6,8,10,14H,2-3,7H2,1H3. The summed E-state index contributed by atoms with van der Waals surface area (Å²) >= 11 is 0. The van der Waals surface area contributed by atoms with Crippen LogP contribution in [0.2, 0.25) is 0 Å². The molecule has 0 saturated heterocycles. The molecule has 15 heavy (non-hydrogen) atoms. The third-order valence-corrected chi connectivity index (χ3v) is 2.62. The number of methoxy groups -OCH3 is 1. The van der Waals surface area contributed by atoms with Gasteiger partial charge in [-0.15, -0.1) is 0 Å². The molecule has 1 N–H and O–H groups in total. The van der Waals surface area contributed by atoms with Crippen LogP contribution >= 0.6 is 0 Å². The first-order chi connectivity index (χ1) is 7.29. The van der Waals surface area contributed by atoms with Crippen LogP contribution in [-0.2, 0) is 4.74 Å². The van der Waals surface area contributed by atoms with E-state index in [4.69, 9.17) is 4.74 Å². The van der Waals surface area contributed by atoms with Gasteiger partial charge in [0.1, 0.15) is 0 Å². The molecule has 1 heterocycles. The van der Waals surface area contributed by atoms with E-state index in [-0.39, 0.29) is 0 Å². The maximum Gasteiger partial charge on any atom is 0.212 e. The summed E-state index contributed by atoms with van der Waals surface area (Å²) in [4.78, 5) is 3.60. The lowest BCUT2D eigenvalue weighted by atomic mass is 10.2. The van der Waals surface area contributed by atoms with E-state index in [2.05, 4.69) is 10.3 Å². The van der Waals surface area contributed by atoms with Gasteiger partial charge >= 0.3 is 0 Å². The van der Waals surface area contributed by atoms with E-state index in [0.29, 0.717) is 18.6 Å². The monoisotopic (exact) mass is 210 g/mol. The predicted molar refractivity (Wildman–Crippen MR) is 56.2 cm³/mol. The molecule has 0 amide bonds. The average molecular weight is 210 g/mol. The fraction of sp³-hybridized carbons (Fsp3) is 0.545. The molecule has 1 aromatic rings. The van der Waals surface area contributed by atoms with Crippen molar-refractivity contribution in [3.8, 4) is 0 Å². The quantitative estimate of drug-likeness (QED) is 0.755. The highest BCUT2D eigenvalue weighted by Crippen LogP contribution is 2.34. The molecule has 1 atom stereocenters. The summed E-state index contributed by atoms with van der Waals surface area (Å²) in [5.74, 6) is 0.241. The Morgan fingerprint density at radius 2 is 2.40 bits per heavy atom. The van der Waals surface area contributed by atoms with E-state index in [1.165, 1.54) is 25.1 Å². The molecule has 2 rings (SSSR count). The summed E-state index contributed by atoms with van der Waals surface area (Å²) < 4.78 is 17.7. The highest BCUT2D eigenvalue weighted by Gasteiger charge is 2.31. The number of pyridine rings is 1. The number of nitrogens with one attached hydrogen (secondary N) is 1. The predicted octanol–water partition coefficient (Wildman–Crippen LogP) is 2.06. The third-order valence-electron chi connectivity index (χ3n) is 2.62. The van der Waals surface area contributed by atoms with Gasteiger partial charge in [0.05, 0.1) is 24.5 Å². The van der Waals surface area contributed by atoms with E-state index in [0.717, 1.165) is 5.69 Å². The van der Waals surface area contributed by atoms with E-state index >= 15 is 0 Å². The first-order valence-electron chi connectivity index (χ1n) is 5.16. The fourth-order valence-corrected chi connectivity index (χ4v) is 1.65. The van der Waals surface area contributed by atoms with Gasteiger partial charge in [-0.2, -0.15) is 4.39 Å². The molecule has 0 aromatic carbocycles. The topological polar surface area (TPSA) is 34.1 Å². The number of hydrogen-bond donors (Lipinski definition) is 1. The van der Waals surface area contributed by atoms with Crippen molar-refractivity contribution in [1.82, 2.24) is 4.98 Å². The largest absolute Gasteiger partial charge is 0.383 e. The van der Waals surface area contributed by atoms with Gasteiger partial charge in [-0.25, -0.2) is 4.98 Å². The molecular formula is C11H15FN2O. The van der Waals surface area contributed by atoms with Crippen LogP contribution in [-0.4, -0.2) is 24.7 Å². The SMILES string of the molecule is COCC(Nc1ccc(F)nc1)C1CC1. The number of hydrogen-bond acceptors (Lipinski definition) is 3. The summed E-state index contributed by atoms with van der Waals surface area (Å²) in [5, 5.41) is 3.31.